The minimum Gasteiger partial charge on any atom is -0.468 e. The number of hydrogen-bond acceptors (Lipinski definition) is 5. The Balaban J connectivity index is 2.31. The Labute approximate surface area is 136 Å². The van der Waals surface area contributed by atoms with Gasteiger partial charge in [0.25, 0.3) is 0 Å². The van der Waals surface area contributed by atoms with Crippen molar-refractivity contribution in [1.82, 2.24) is 0 Å². The van der Waals surface area contributed by atoms with Crippen molar-refractivity contribution in [2.45, 2.75) is 25.9 Å². The zero-order valence-electron chi connectivity index (χ0n) is 13.3. The van der Waals surface area contributed by atoms with E-state index < -0.39 is 13.3 Å². The van der Waals surface area contributed by atoms with Crippen LogP contribution in [0.1, 0.15) is 42.0 Å². The van der Waals surface area contributed by atoms with E-state index in [2.05, 4.69) is 0 Å². The molecule has 1 unspecified atom stereocenters. The molecule has 0 radical (unpaired) electrons. The first kappa shape index (κ1) is 17.7. The van der Waals surface area contributed by atoms with E-state index in [1.54, 1.807) is 50.2 Å². The summed E-state index contributed by atoms with van der Waals surface area (Å²) >= 11 is 0. The predicted octanol–water partition coefficient (Wildman–Crippen LogP) is 4.86. The van der Waals surface area contributed by atoms with Gasteiger partial charge in [0.1, 0.15) is 11.4 Å². The van der Waals surface area contributed by atoms with Crippen LogP contribution < -0.4 is 0 Å². The summed E-state index contributed by atoms with van der Waals surface area (Å²) in [5.74, 6) is 0.297. The number of carbonyl (C=O) groups excluding carboxylic acids is 1. The molecule has 23 heavy (non-hydrogen) atoms. The lowest BCUT2D eigenvalue weighted by atomic mass is 10.1. The molecule has 0 spiro atoms. The van der Waals surface area contributed by atoms with Crippen LogP contribution in [-0.4, -0.2) is 19.0 Å². The first-order valence-electron chi connectivity index (χ1n) is 7.61. The second-order valence-corrected chi connectivity index (χ2v) is 7.12. The standard InChI is InChI=1S/C17H21O5P/c1-3-21-23(19,22-4-2)17(16-11-8-12-20-16)13-15(18)14-9-6-5-7-10-14/h5-12,17H,3-4,13H2,1-2H3. The topological polar surface area (TPSA) is 65.7 Å². The molecule has 0 aliphatic heterocycles. The molecule has 1 aromatic carbocycles. The Morgan fingerprint density at radius 3 is 2.26 bits per heavy atom. The van der Waals surface area contributed by atoms with Gasteiger partial charge in [-0.2, -0.15) is 0 Å². The summed E-state index contributed by atoms with van der Waals surface area (Å²) < 4.78 is 29.3. The Hall–Kier alpha value is -1.68. The molecular formula is C17H21O5P. The minimum absolute atomic E-state index is 0.00515. The van der Waals surface area contributed by atoms with Gasteiger partial charge in [-0.3, -0.25) is 9.36 Å². The highest BCUT2D eigenvalue weighted by Crippen LogP contribution is 2.62. The summed E-state index contributed by atoms with van der Waals surface area (Å²) in [4.78, 5) is 12.5. The molecule has 2 rings (SSSR count). The first-order valence-corrected chi connectivity index (χ1v) is 9.22. The third-order valence-corrected chi connectivity index (χ3v) is 5.78. The van der Waals surface area contributed by atoms with Gasteiger partial charge in [-0.25, -0.2) is 0 Å². The van der Waals surface area contributed by atoms with E-state index in [4.69, 9.17) is 13.5 Å². The van der Waals surface area contributed by atoms with Gasteiger partial charge in [0, 0.05) is 12.0 Å². The zero-order chi connectivity index (χ0) is 16.7. The highest BCUT2D eigenvalue weighted by atomic mass is 31.2. The Morgan fingerprint density at radius 1 is 1.09 bits per heavy atom. The van der Waals surface area contributed by atoms with Crippen LogP contribution in [0.4, 0.5) is 0 Å². The van der Waals surface area contributed by atoms with E-state index in [9.17, 15) is 9.36 Å². The molecule has 0 N–H and O–H groups in total. The average Bonchev–Trinajstić information content (AvgIpc) is 3.07. The SMILES string of the molecule is CCOP(=O)(OCC)C(CC(=O)c1ccccc1)c1ccco1. The van der Waals surface area contributed by atoms with Gasteiger partial charge in [-0.1, -0.05) is 30.3 Å². The van der Waals surface area contributed by atoms with Crippen molar-refractivity contribution in [3.63, 3.8) is 0 Å². The van der Waals surface area contributed by atoms with E-state index in [-0.39, 0.29) is 25.4 Å². The number of ketones is 1. The number of hydrogen-bond donors (Lipinski definition) is 0. The maximum absolute atomic E-state index is 13.1. The van der Waals surface area contributed by atoms with E-state index >= 15 is 0 Å². The first-order chi connectivity index (χ1) is 11.1. The van der Waals surface area contributed by atoms with Gasteiger partial charge in [0.2, 0.25) is 0 Å². The number of rotatable bonds is 9. The summed E-state index contributed by atoms with van der Waals surface area (Å²) in [5.41, 5.74) is -0.200. The molecular weight excluding hydrogens is 315 g/mol. The maximum atomic E-state index is 13.1. The van der Waals surface area contributed by atoms with Gasteiger partial charge in [-0.15, -0.1) is 0 Å². The molecule has 0 fully saturated rings. The molecule has 0 bridgehead atoms. The van der Waals surface area contributed by atoms with Gasteiger partial charge in [-0.05, 0) is 26.0 Å². The number of Topliss-reactive ketones (excluding diaryl/α,β-unsaturated/α-hetero) is 1. The highest BCUT2D eigenvalue weighted by Gasteiger charge is 2.40. The van der Waals surface area contributed by atoms with E-state index in [1.807, 2.05) is 6.07 Å². The van der Waals surface area contributed by atoms with Gasteiger partial charge >= 0.3 is 7.60 Å². The molecule has 2 aromatic rings. The lowest BCUT2D eigenvalue weighted by molar-refractivity contribution is 0.0970. The van der Waals surface area contributed by atoms with Gasteiger partial charge in [0.15, 0.2) is 5.78 Å². The number of benzene rings is 1. The summed E-state index contributed by atoms with van der Waals surface area (Å²) in [6.45, 7) is 3.94. The third-order valence-electron chi connectivity index (χ3n) is 3.35. The molecule has 5 nitrogen and oxygen atoms in total. The molecule has 124 valence electrons. The Bertz CT molecular complexity index is 641. The van der Waals surface area contributed by atoms with E-state index in [0.29, 0.717) is 11.3 Å². The summed E-state index contributed by atoms with van der Waals surface area (Å²) in [6.07, 6.45) is 1.48. The van der Waals surface area contributed by atoms with Crippen molar-refractivity contribution in [3.05, 3.63) is 60.1 Å². The van der Waals surface area contributed by atoms with Crippen LogP contribution in [0.3, 0.4) is 0 Å². The van der Waals surface area contributed by atoms with Crippen molar-refractivity contribution >= 4 is 13.4 Å². The van der Waals surface area contributed by atoms with Crippen molar-refractivity contribution in [2.24, 2.45) is 0 Å². The highest BCUT2D eigenvalue weighted by molar-refractivity contribution is 7.54. The Kier molecular flexibility index (Phi) is 6.34. The van der Waals surface area contributed by atoms with Gasteiger partial charge < -0.3 is 13.5 Å². The largest absolute Gasteiger partial charge is 0.468 e. The van der Waals surface area contributed by atoms with Crippen molar-refractivity contribution in [1.29, 1.82) is 0 Å². The monoisotopic (exact) mass is 336 g/mol. The van der Waals surface area contributed by atoms with Crippen LogP contribution >= 0.6 is 7.60 Å². The lowest BCUT2D eigenvalue weighted by Crippen LogP contribution is -2.11. The summed E-state index contributed by atoms with van der Waals surface area (Å²) in [7, 11) is -3.51. The third kappa shape index (κ3) is 4.41. The molecule has 0 amide bonds. The fourth-order valence-electron chi connectivity index (χ4n) is 2.34. The van der Waals surface area contributed by atoms with Crippen molar-refractivity contribution < 1.29 is 22.8 Å². The zero-order valence-corrected chi connectivity index (χ0v) is 14.2. The van der Waals surface area contributed by atoms with E-state index in [1.165, 1.54) is 6.26 Å². The van der Waals surface area contributed by atoms with Gasteiger partial charge in [0.05, 0.1) is 19.5 Å². The van der Waals surface area contributed by atoms with Crippen LogP contribution in [0.25, 0.3) is 0 Å². The summed E-state index contributed by atoms with van der Waals surface area (Å²) in [5, 5.41) is 0. The normalized spacial score (nSPS) is 13.0. The number of furan rings is 1. The second-order valence-electron chi connectivity index (χ2n) is 4.90. The lowest BCUT2D eigenvalue weighted by Gasteiger charge is -2.24. The minimum atomic E-state index is -3.51. The fourth-order valence-corrected chi connectivity index (χ4v) is 4.35. The average molecular weight is 336 g/mol. The number of carbonyl (C=O) groups is 1. The van der Waals surface area contributed by atoms with Crippen molar-refractivity contribution in [3.8, 4) is 0 Å². The quantitative estimate of drug-likeness (QED) is 0.483. The van der Waals surface area contributed by atoms with Crippen LogP contribution in [0.2, 0.25) is 0 Å². The molecule has 0 aliphatic carbocycles. The predicted molar refractivity (Wildman–Crippen MR) is 87.7 cm³/mol. The van der Waals surface area contributed by atoms with Crippen LogP contribution in [-0.2, 0) is 13.6 Å². The molecule has 1 atom stereocenters. The molecule has 0 saturated carbocycles. The molecule has 0 aliphatic rings. The smallest absolute Gasteiger partial charge is 0.341 e. The summed E-state index contributed by atoms with van der Waals surface area (Å²) in [6, 6.07) is 12.3. The van der Waals surface area contributed by atoms with E-state index in [0.717, 1.165) is 0 Å². The Morgan fingerprint density at radius 2 is 1.74 bits per heavy atom. The van der Waals surface area contributed by atoms with Crippen LogP contribution in [0.15, 0.2) is 53.1 Å². The molecule has 0 saturated heterocycles. The molecule has 1 aromatic heterocycles. The van der Waals surface area contributed by atoms with Crippen LogP contribution in [0.5, 0.6) is 0 Å². The maximum Gasteiger partial charge on any atom is 0.341 e. The van der Waals surface area contributed by atoms with Crippen LogP contribution in [0, 0.1) is 0 Å². The molecule has 1 heterocycles. The van der Waals surface area contributed by atoms with Crippen molar-refractivity contribution in [2.75, 3.05) is 13.2 Å². The second kappa shape index (κ2) is 8.25. The molecule has 6 heteroatoms. The fraction of sp³-hybridized carbons (Fsp3) is 0.353.